The van der Waals surface area contributed by atoms with Gasteiger partial charge in [0.25, 0.3) is 0 Å². The number of aliphatic hydroxyl groups excluding tert-OH is 2. The molecule has 2 saturated heterocycles. The Labute approximate surface area is 490 Å². The Balaban J connectivity index is 0.892. The Kier molecular flexibility index (Phi) is 21.6. The number of carbonyl (C=O) groups excluding carboxylic acids is 5. The van der Waals surface area contributed by atoms with Gasteiger partial charge >= 0.3 is 18.2 Å². The number of benzene rings is 3. The van der Waals surface area contributed by atoms with E-state index in [0.29, 0.717) is 61.3 Å². The fourth-order valence-corrected chi connectivity index (χ4v) is 11.5. The van der Waals surface area contributed by atoms with Gasteiger partial charge in [-0.2, -0.15) is 0 Å². The largest absolute Gasteiger partial charge is 0.457 e. The summed E-state index contributed by atoms with van der Waals surface area (Å²) in [6.45, 7) is 19.2. The Morgan fingerprint density at radius 2 is 1.58 bits per heavy atom. The summed E-state index contributed by atoms with van der Waals surface area (Å²) in [5, 5.41) is 40.8. The first-order chi connectivity index (χ1) is 39.3. The molecule has 4 amide bonds. The third-order valence-electron chi connectivity index (χ3n) is 17.2. The van der Waals surface area contributed by atoms with Crippen molar-refractivity contribution < 1.29 is 67.5 Å². The SMILES string of the molecule is CC[C@H](O)[C@@H](C)[C@@H]1O[C@H]1CC(C)(O)/C=C/C=C(\C)[C@H]1OC(=O)C[C@H](O)CC[C@@](C)(OC)[C@@H](OC(=O)N2CC[N+](C)(Cc3ccc(NC(=O)C(C)NC(=O)C(NC(=O)OCC4c5ccccc5-c5ccccc54)C(C)C)cc3)CC2)/C=C/[C@@H]1C. The van der Waals surface area contributed by atoms with Crippen molar-refractivity contribution in [1.29, 1.82) is 0 Å². The fraction of sp³-hybridized carbons (Fsp3) is 0.554. The molecule has 3 unspecified atom stereocenters. The van der Waals surface area contributed by atoms with Crippen LogP contribution in [0.4, 0.5) is 15.3 Å². The van der Waals surface area contributed by atoms with Crippen LogP contribution in [0.1, 0.15) is 117 Å². The van der Waals surface area contributed by atoms with Crippen molar-refractivity contribution in [3.63, 3.8) is 0 Å². The Morgan fingerprint density at radius 1 is 0.940 bits per heavy atom. The van der Waals surface area contributed by atoms with Gasteiger partial charge in [0.15, 0.2) is 6.10 Å². The number of allylic oxidation sites excluding steroid dienone is 2. The molecule has 0 bridgehead atoms. The number of anilines is 1. The normalized spacial score (nSPS) is 26.3. The molecule has 18 nitrogen and oxygen atoms in total. The molecule has 3 aliphatic heterocycles. The third kappa shape index (κ3) is 16.9. The molecule has 12 atom stereocenters. The number of likely N-dealkylation sites (N-methyl/N-ethyl adjacent to an activating group) is 1. The minimum atomic E-state index is -1.20. The second-order valence-corrected chi connectivity index (χ2v) is 24.5. The number of piperazine rings is 1. The van der Waals surface area contributed by atoms with E-state index in [1.54, 1.807) is 43.1 Å². The molecule has 1 aliphatic carbocycles. The lowest BCUT2D eigenvalue weighted by Gasteiger charge is -2.42. The average molecular weight is 1150 g/mol. The first-order valence-electron chi connectivity index (χ1n) is 29.5. The van der Waals surface area contributed by atoms with Crippen LogP contribution in [0.15, 0.2) is 109 Å². The number of carbonyl (C=O) groups is 5. The molecule has 83 heavy (non-hydrogen) atoms. The smallest absolute Gasteiger partial charge is 0.410 e. The lowest BCUT2D eigenvalue weighted by atomic mass is 9.88. The maximum atomic E-state index is 14.1. The number of amides is 4. The van der Waals surface area contributed by atoms with E-state index in [4.69, 9.17) is 23.7 Å². The summed E-state index contributed by atoms with van der Waals surface area (Å²) in [4.78, 5) is 69.0. The van der Waals surface area contributed by atoms with E-state index >= 15 is 0 Å². The van der Waals surface area contributed by atoms with Crippen LogP contribution in [-0.2, 0) is 44.6 Å². The Morgan fingerprint density at radius 3 is 2.19 bits per heavy atom. The van der Waals surface area contributed by atoms with Gasteiger partial charge in [-0.1, -0.05) is 120 Å². The quantitative estimate of drug-likeness (QED) is 0.0156. The van der Waals surface area contributed by atoms with Gasteiger partial charge in [0.2, 0.25) is 11.8 Å². The van der Waals surface area contributed by atoms with Crippen molar-refractivity contribution in [2.75, 3.05) is 52.3 Å². The number of aliphatic hydroxyl groups is 3. The van der Waals surface area contributed by atoms with Gasteiger partial charge in [-0.25, -0.2) is 9.59 Å². The standard InChI is InChI=1S/C65H89N5O13/c1-12-53(72)43(6)59-54(81-59)37-64(8,78)30-17-18-41(4)58-42(5)23-28-55(65(9,79-11)31-29-47(71)36-56(73)83-58)82-63(77)69-32-34-70(10,35-33-69)38-45-24-26-46(27-25-45)67-60(74)44(7)66-61(75)57(40(2)3)68-62(76)80-39-52-50-21-15-13-19-48(50)49-20-14-16-22-51(49)52/h13-28,30,40,42-44,47,52-55,57-59,71-72,78H,12,29,31-39H2,1-11H3,(H2-,66,67,68,74,75,76)/p+1/b28-23+,30-17+,41-18+/t42-,43+,44?,47+,53-,54-,55-,57?,58+,59-,64?,65+/m0/s1. The predicted octanol–water partition coefficient (Wildman–Crippen LogP) is 8.33. The van der Waals surface area contributed by atoms with Crippen molar-refractivity contribution in [3.05, 3.63) is 125 Å². The number of rotatable bonds is 20. The summed E-state index contributed by atoms with van der Waals surface area (Å²) in [5.41, 5.74) is 4.41. The molecule has 0 radical (unpaired) electrons. The van der Waals surface area contributed by atoms with Crippen molar-refractivity contribution in [2.24, 2.45) is 17.8 Å². The van der Waals surface area contributed by atoms with Gasteiger partial charge in [-0.15, -0.1) is 0 Å². The van der Waals surface area contributed by atoms with Crippen LogP contribution in [0.2, 0.25) is 0 Å². The van der Waals surface area contributed by atoms with Gasteiger partial charge in [0.1, 0.15) is 36.9 Å². The molecule has 452 valence electrons. The minimum Gasteiger partial charge on any atom is -0.457 e. The summed E-state index contributed by atoms with van der Waals surface area (Å²) < 4.78 is 30.5. The highest BCUT2D eigenvalue weighted by atomic mass is 16.6. The van der Waals surface area contributed by atoms with E-state index in [9.17, 15) is 39.3 Å². The van der Waals surface area contributed by atoms with Crippen LogP contribution in [0.3, 0.4) is 0 Å². The summed E-state index contributed by atoms with van der Waals surface area (Å²) in [6.07, 6.45) is 5.44. The van der Waals surface area contributed by atoms with Crippen LogP contribution in [0.5, 0.6) is 0 Å². The van der Waals surface area contributed by atoms with Crippen molar-refractivity contribution in [1.82, 2.24) is 15.5 Å². The van der Waals surface area contributed by atoms with Crippen molar-refractivity contribution in [3.8, 4) is 11.1 Å². The highest BCUT2D eigenvalue weighted by Gasteiger charge is 2.47. The Hall–Kier alpha value is -6.41. The van der Waals surface area contributed by atoms with Crippen LogP contribution < -0.4 is 16.0 Å². The van der Waals surface area contributed by atoms with E-state index in [2.05, 4.69) is 35.1 Å². The zero-order valence-electron chi connectivity index (χ0n) is 50.3. The zero-order chi connectivity index (χ0) is 60.4. The lowest BCUT2D eigenvalue weighted by molar-refractivity contribution is -0.926. The summed E-state index contributed by atoms with van der Waals surface area (Å²) in [7, 11) is 3.68. The molecular formula is C65H90N5O13+. The summed E-state index contributed by atoms with van der Waals surface area (Å²) in [5.74, 6) is -2.36. The van der Waals surface area contributed by atoms with E-state index in [-0.39, 0.29) is 55.8 Å². The number of fused-ring (bicyclic) bond motifs is 3. The number of esters is 1. The second kappa shape index (κ2) is 28.0. The van der Waals surface area contributed by atoms with Crippen LogP contribution in [-0.4, -0.2) is 162 Å². The zero-order valence-corrected chi connectivity index (χ0v) is 50.3. The Bertz CT molecular complexity index is 2780. The number of hydrogen-bond donors (Lipinski definition) is 6. The van der Waals surface area contributed by atoms with Gasteiger partial charge in [0.05, 0.1) is 69.7 Å². The molecule has 7 rings (SSSR count). The molecular weight excluding hydrogens is 1060 g/mol. The molecule has 18 heteroatoms. The second-order valence-electron chi connectivity index (χ2n) is 24.5. The first-order valence-corrected chi connectivity index (χ1v) is 29.5. The highest BCUT2D eigenvalue weighted by Crippen LogP contribution is 2.45. The highest BCUT2D eigenvalue weighted by molar-refractivity contribution is 5.98. The number of hydrogen-bond acceptors (Lipinski definition) is 13. The molecule has 4 aliphatic rings. The topological polar surface area (TPSA) is 235 Å². The van der Waals surface area contributed by atoms with E-state index in [1.165, 1.54) is 7.11 Å². The third-order valence-corrected chi connectivity index (χ3v) is 17.2. The minimum absolute atomic E-state index is 0.0395. The van der Waals surface area contributed by atoms with Gasteiger partial charge in [0, 0.05) is 42.5 Å². The molecule has 2 fully saturated rings. The predicted molar refractivity (Wildman–Crippen MR) is 317 cm³/mol. The van der Waals surface area contributed by atoms with E-state index in [0.717, 1.165) is 27.8 Å². The number of ether oxygens (including phenoxy) is 5. The van der Waals surface area contributed by atoms with Gasteiger partial charge < -0.3 is 59.4 Å². The number of methoxy groups -OCH3 is 1. The van der Waals surface area contributed by atoms with Crippen LogP contribution in [0, 0.1) is 17.8 Å². The molecule has 6 N–H and O–H groups in total. The van der Waals surface area contributed by atoms with Gasteiger partial charge in [-0.05, 0) is 98.9 Å². The maximum absolute atomic E-state index is 14.1. The van der Waals surface area contributed by atoms with E-state index in [1.807, 2.05) is 115 Å². The number of cyclic esters (lactones) is 1. The number of nitrogens with zero attached hydrogens (tertiary/aromatic N) is 2. The van der Waals surface area contributed by atoms with Crippen molar-refractivity contribution in [2.45, 2.75) is 167 Å². The maximum Gasteiger partial charge on any atom is 0.410 e. The molecule has 0 spiro atoms. The molecule has 3 heterocycles. The lowest BCUT2D eigenvalue weighted by Crippen LogP contribution is -2.58. The van der Waals surface area contributed by atoms with Crippen molar-refractivity contribution >= 4 is 35.7 Å². The average Bonchev–Trinajstić information content (AvgIpc) is 4.23. The number of alkyl carbamates (subject to hydrolysis) is 1. The first kappa shape index (κ1) is 64.2. The van der Waals surface area contributed by atoms with Gasteiger partial charge in [-0.3, -0.25) is 19.3 Å². The summed E-state index contributed by atoms with van der Waals surface area (Å²) in [6, 6.07) is 21.8. The van der Waals surface area contributed by atoms with Crippen LogP contribution in [0.25, 0.3) is 11.1 Å². The monoisotopic (exact) mass is 1150 g/mol. The molecule has 3 aromatic carbocycles. The number of epoxide rings is 1. The van der Waals surface area contributed by atoms with E-state index < -0.39 is 83.6 Å². The molecule has 0 aromatic heterocycles. The molecule has 3 aromatic rings. The molecule has 0 saturated carbocycles. The fourth-order valence-electron chi connectivity index (χ4n) is 11.5. The summed E-state index contributed by atoms with van der Waals surface area (Å²) >= 11 is 0. The number of nitrogens with one attached hydrogen (secondary N) is 3. The van der Waals surface area contributed by atoms with Crippen LogP contribution >= 0.6 is 0 Å². The number of quaternary nitrogens is 1.